The minimum absolute atomic E-state index is 1.11. The normalized spacial score (nSPS) is 11.9. The van der Waals surface area contributed by atoms with Gasteiger partial charge in [-0.3, -0.25) is 0 Å². The van der Waals surface area contributed by atoms with E-state index in [1.165, 1.54) is 87.5 Å². The fourth-order valence-corrected chi connectivity index (χ4v) is 9.46. The van der Waals surface area contributed by atoms with Crippen LogP contribution in [-0.4, -0.2) is 4.57 Å². The van der Waals surface area contributed by atoms with Gasteiger partial charge in [-0.1, -0.05) is 152 Å². The average molecular weight is 711 g/mol. The van der Waals surface area contributed by atoms with E-state index in [-0.39, 0.29) is 0 Å². The molecule has 1 aromatic heterocycles. The zero-order chi connectivity index (χ0) is 36.7. The van der Waals surface area contributed by atoms with Crippen LogP contribution >= 0.6 is 0 Å². The molecule has 1 aliphatic rings. The molecule has 0 aliphatic heterocycles. The van der Waals surface area contributed by atoms with Gasteiger partial charge in [0.05, 0.1) is 22.4 Å². The lowest BCUT2D eigenvalue weighted by Gasteiger charge is -2.30. The van der Waals surface area contributed by atoms with Crippen molar-refractivity contribution in [1.82, 2.24) is 4.57 Å². The van der Waals surface area contributed by atoms with E-state index in [0.717, 1.165) is 22.7 Å². The summed E-state index contributed by atoms with van der Waals surface area (Å²) in [5, 5.41) is 10.1. The van der Waals surface area contributed by atoms with Gasteiger partial charge in [0.2, 0.25) is 0 Å². The molecule has 12 rings (SSSR count). The Bertz CT molecular complexity index is 3370. The Labute approximate surface area is 324 Å². The standard InChI is InChI=1S/C54H34N2/c1-2-15-36(16-3-1)42-20-8-10-25-48(42)56(51-27-13-24-46-53(51)45-23-12-19-39-32-38-18-6-7-21-43(38)54(46)52(39)45)41-30-31-50-47(34-41)44-22-9-11-26-49(44)55(50)40-29-28-35-14-4-5-17-37(35)33-40/h1-34H. The molecule has 2 heteroatoms. The Morgan fingerprint density at radius 3 is 1.91 bits per heavy atom. The van der Waals surface area contributed by atoms with Crippen LogP contribution in [0.3, 0.4) is 0 Å². The molecule has 1 heterocycles. The highest BCUT2D eigenvalue weighted by atomic mass is 15.1. The topological polar surface area (TPSA) is 8.17 Å². The molecule has 0 N–H and O–H groups in total. The molecule has 11 aromatic rings. The fraction of sp³-hybridized carbons (Fsp3) is 0. The van der Waals surface area contributed by atoms with Crippen molar-refractivity contribution in [3.05, 3.63) is 206 Å². The van der Waals surface area contributed by atoms with Crippen molar-refractivity contribution in [3.8, 4) is 39.1 Å². The summed E-state index contributed by atoms with van der Waals surface area (Å²) in [5.41, 5.74) is 14.5. The first-order chi connectivity index (χ1) is 27.8. The predicted octanol–water partition coefficient (Wildman–Crippen LogP) is 15.0. The Kier molecular flexibility index (Phi) is 6.66. The maximum atomic E-state index is 2.51. The van der Waals surface area contributed by atoms with Crippen molar-refractivity contribution in [2.75, 3.05) is 4.90 Å². The van der Waals surface area contributed by atoms with E-state index >= 15 is 0 Å². The van der Waals surface area contributed by atoms with E-state index in [2.05, 4.69) is 216 Å². The van der Waals surface area contributed by atoms with E-state index in [9.17, 15) is 0 Å². The van der Waals surface area contributed by atoms with Gasteiger partial charge in [0.1, 0.15) is 0 Å². The Balaban J connectivity index is 1.15. The van der Waals surface area contributed by atoms with Gasteiger partial charge in [-0.15, -0.1) is 0 Å². The second-order valence-corrected chi connectivity index (χ2v) is 14.9. The molecule has 260 valence electrons. The zero-order valence-corrected chi connectivity index (χ0v) is 30.5. The van der Waals surface area contributed by atoms with Crippen LogP contribution in [0.25, 0.3) is 93.2 Å². The predicted molar refractivity (Wildman–Crippen MR) is 238 cm³/mol. The fourth-order valence-electron chi connectivity index (χ4n) is 9.46. The molecule has 0 radical (unpaired) electrons. The van der Waals surface area contributed by atoms with Crippen LogP contribution in [-0.2, 0) is 0 Å². The molecule has 0 amide bonds. The van der Waals surface area contributed by atoms with Crippen LogP contribution in [0.4, 0.5) is 17.1 Å². The number of para-hydroxylation sites is 2. The van der Waals surface area contributed by atoms with Crippen molar-refractivity contribution < 1.29 is 0 Å². The molecular formula is C54H34N2. The highest BCUT2D eigenvalue weighted by Crippen LogP contribution is 2.56. The van der Waals surface area contributed by atoms with E-state index in [4.69, 9.17) is 0 Å². The zero-order valence-electron chi connectivity index (χ0n) is 30.5. The van der Waals surface area contributed by atoms with Crippen LogP contribution < -0.4 is 4.90 Å². The van der Waals surface area contributed by atoms with Crippen molar-refractivity contribution in [2.45, 2.75) is 0 Å². The lowest BCUT2D eigenvalue weighted by Crippen LogP contribution is -2.12. The average Bonchev–Trinajstić information content (AvgIpc) is 3.78. The number of anilines is 3. The molecule has 0 atom stereocenters. The molecule has 0 fully saturated rings. The number of aromatic nitrogens is 1. The number of fused-ring (bicyclic) bond motifs is 9. The van der Waals surface area contributed by atoms with Gasteiger partial charge < -0.3 is 9.47 Å². The molecule has 0 saturated carbocycles. The molecule has 0 saturated heterocycles. The monoisotopic (exact) mass is 710 g/mol. The number of rotatable bonds is 5. The molecule has 0 bridgehead atoms. The van der Waals surface area contributed by atoms with Crippen molar-refractivity contribution in [3.63, 3.8) is 0 Å². The molecule has 0 unspecified atom stereocenters. The van der Waals surface area contributed by atoms with E-state index in [1.807, 2.05) is 0 Å². The maximum Gasteiger partial charge on any atom is 0.0546 e. The van der Waals surface area contributed by atoms with Crippen LogP contribution in [0, 0.1) is 0 Å². The van der Waals surface area contributed by atoms with Crippen molar-refractivity contribution in [2.24, 2.45) is 0 Å². The summed E-state index contributed by atoms with van der Waals surface area (Å²) >= 11 is 0. The SMILES string of the molecule is c1ccc(-c2ccccc2N(c2ccc3c(c2)c2ccccc2n3-c2ccc3ccccc3c2)c2cccc3c2-c2cccc4cc5ccccc5c-3c24)cc1. The lowest BCUT2D eigenvalue weighted by molar-refractivity contribution is 1.18. The Morgan fingerprint density at radius 1 is 0.339 bits per heavy atom. The number of benzene rings is 10. The summed E-state index contributed by atoms with van der Waals surface area (Å²) in [6.45, 7) is 0. The van der Waals surface area contributed by atoms with Gasteiger partial charge in [-0.2, -0.15) is 0 Å². The van der Waals surface area contributed by atoms with Gasteiger partial charge in [-0.05, 0) is 109 Å². The third-order valence-electron chi connectivity index (χ3n) is 11.8. The first kappa shape index (κ1) is 31.0. The molecular weight excluding hydrogens is 677 g/mol. The molecule has 2 nitrogen and oxygen atoms in total. The van der Waals surface area contributed by atoms with E-state index < -0.39 is 0 Å². The first-order valence-electron chi connectivity index (χ1n) is 19.4. The first-order valence-corrected chi connectivity index (χ1v) is 19.4. The van der Waals surface area contributed by atoms with Crippen molar-refractivity contribution >= 4 is 71.2 Å². The van der Waals surface area contributed by atoms with Gasteiger partial charge >= 0.3 is 0 Å². The number of hydrogen-bond acceptors (Lipinski definition) is 1. The van der Waals surface area contributed by atoms with Gasteiger partial charge in [0, 0.05) is 33.3 Å². The number of hydrogen-bond donors (Lipinski definition) is 0. The summed E-state index contributed by atoms with van der Waals surface area (Å²) in [6.07, 6.45) is 0. The second-order valence-electron chi connectivity index (χ2n) is 14.9. The van der Waals surface area contributed by atoms with Crippen LogP contribution in [0.15, 0.2) is 206 Å². The third kappa shape index (κ3) is 4.50. The molecule has 10 aromatic carbocycles. The summed E-state index contributed by atoms with van der Waals surface area (Å²) in [7, 11) is 0. The van der Waals surface area contributed by atoms with Crippen molar-refractivity contribution in [1.29, 1.82) is 0 Å². The Hall–Kier alpha value is -7.42. The largest absolute Gasteiger partial charge is 0.309 e. The summed E-state index contributed by atoms with van der Waals surface area (Å²) < 4.78 is 2.42. The van der Waals surface area contributed by atoms with Crippen LogP contribution in [0.2, 0.25) is 0 Å². The molecule has 56 heavy (non-hydrogen) atoms. The summed E-state index contributed by atoms with van der Waals surface area (Å²) in [4.78, 5) is 2.51. The third-order valence-corrected chi connectivity index (χ3v) is 11.8. The minimum Gasteiger partial charge on any atom is -0.309 e. The second kappa shape index (κ2) is 12.0. The van der Waals surface area contributed by atoms with Gasteiger partial charge in [0.15, 0.2) is 0 Å². The Morgan fingerprint density at radius 2 is 1.00 bits per heavy atom. The van der Waals surface area contributed by atoms with E-state index in [0.29, 0.717) is 0 Å². The molecule has 0 spiro atoms. The lowest BCUT2D eigenvalue weighted by atomic mass is 9.95. The highest BCUT2D eigenvalue weighted by Gasteiger charge is 2.30. The van der Waals surface area contributed by atoms with E-state index in [1.54, 1.807) is 0 Å². The summed E-state index contributed by atoms with van der Waals surface area (Å²) in [5.74, 6) is 0. The quantitative estimate of drug-likeness (QED) is 0.161. The minimum atomic E-state index is 1.11. The van der Waals surface area contributed by atoms with Crippen LogP contribution in [0.5, 0.6) is 0 Å². The van der Waals surface area contributed by atoms with Gasteiger partial charge in [0.25, 0.3) is 0 Å². The van der Waals surface area contributed by atoms with Gasteiger partial charge in [-0.25, -0.2) is 0 Å². The van der Waals surface area contributed by atoms with Crippen LogP contribution in [0.1, 0.15) is 0 Å². The highest BCUT2D eigenvalue weighted by molar-refractivity contribution is 6.26. The summed E-state index contributed by atoms with van der Waals surface area (Å²) in [6, 6.07) is 75.8. The smallest absolute Gasteiger partial charge is 0.0546 e. The number of nitrogens with zero attached hydrogens (tertiary/aromatic N) is 2. The maximum absolute atomic E-state index is 2.51. The molecule has 1 aliphatic carbocycles.